The monoisotopic (exact) mass is 775 g/mol. The Morgan fingerprint density at radius 1 is 0.839 bits per heavy atom. The van der Waals surface area contributed by atoms with Crippen molar-refractivity contribution >= 4 is 51.7 Å². The van der Waals surface area contributed by atoms with Crippen LogP contribution in [0.5, 0.6) is 0 Å². The van der Waals surface area contributed by atoms with Gasteiger partial charge in [0.15, 0.2) is 11.2 Å². The van der Waals surface area contributed by atoms with Crippen LogP contribution in [0, 0.1) is 0 Å². The number of fused-ring (bicyclic) bond motifs is 2. The molecule has 2 amide bonds. The molecule has 7 N–H and O–H groups in total. The fourth-order valence-electron chi connectivity index (χ4n) is 6.09. The summed E-state index contributed by atoms with van der Waals surface area (Å²) in [6, 6.07) is 5.58. The van der Waals surface area contributed by atoms with Gasteiger partial charge in [-0.2, -0.15) is 10.1 Å². The van der Waals surface area contributed by atoms with Crippen molar-refractivity contribution in [1.82, 2.24) is 44.9 Å². The summed E-state index contributed by atoms with van der Waals surface area (Å²) in [6.45, 7) is 7.44. The van der Waals surface area contributed by atoms with E-state index in [-0.39, 0.29) is 17.8 Å². The molecule has 1 aromatic carbocycles. The molecule has 1 aliphatic heterocycles. The molecule has 1 saturated heterocycles. The molecule has 1 aliphatic rings. The van der Waals surface area contributed by atoms with Gasteiger partial charge in [0.25, 0.3) is 11.9 Å². The second-order valence-corrected chi connectivity index (χ2v) is 12.9. The number of carbonyl (C=O) groups is 2. The average molecular weight is 776 g/mol. The van der Waals surface area contributed by atoms with Gasteiger partial charge in [-0.25, -0.2) is 24.6 Å². The molecule has 0 bridgehead atoms. The van der Waals surface area contributed by atoms with Gasteiger partial charge in [-0.15, -0.1) is 0 Å². The molecule has 20 nitrogen and oxygen atoms in total. The molecule has 1 fully saturated rings. The standard InChI is InChI=1S/C36H49N13O7/c37-6-14-53-16-18-55-20-19-54-17-15-52-13-5-29(50)47-9-11-48(12-10-47)36-41-22-26(23-42-36)34(51)40-7-1-2-8-49-33-30(32(38)43-24-44-33)31(46-49)25-3-4-28-27(21-25)45-35(39)56-28/h3-4,21-24H,1-2,5-20,37H2,(H2,39,45)(H,40,51)(H2,38,43,44). The summed E-state index contributed by atoms with van der Waals surface area (Å²) in [5.74, 6) is 0.621. The minimum Gasteiger partial charge on any atom is -0.424 e. The number of oxazole rings is 1. The molecule has 20 heteroatoms. The topological polar surface area (TPSA) is 263 Å². The van der Waals surface area contributed by atoms with Crippen molar-refractivity contribution in [1.29, 1.82) is 0 Å². The van der Waals surface area contributed by atoms with Crippen molar-refractivity contribution in [3.63, 3.8) is 0 Å². The van der Waals surface area contributed by atoms with Gasteiger partial charge in [0.1, 0.15) is 23.4 Å². The minimum absolute atomic E-state index is 0.0396. The maximum absolute atomic E-state index is 12.8. The number of hydrogen-bond donors (Lipinski definition) is 4. The number of unbranched alkanes of at least 4 members (excludes halogenated alkanes) is 1. The number of rotatable bonds is 22. The number of nitrogens with zero attached hydrogens (tertiary/aromatic N) is 9. The van der Waals surface area contributed by atoms with Gasteiger partial charge in [0.2, 0.25) is 11.9 Å². The van der Waals surface area contributed by atoms with E-state index in [1.54, 1.807) is 10.7 Å². The van der Waals surface area contributed by atoms with Crippen LogP contribution in [0.4, 0.5) is 17.8 Å². The van der Waals surface area contributed by atoms with Crippen LogP contribution in [0.25, 0.3) is 33.4 Å². The van der Waals surface area contributed by atoms with Gasteiger partial charge in [0.05, 0.1) is 70.2 Å². The molecular formula is C36H49N13O7. The van der Waals surface area contributed by atoms with Crippen LogP contribution in [-0.2, 0) is 30.3 Å². The number of carbonyl (C=O) groups excluding carboxylic acids is 2. The van der Waals surface area contributed by atoms with E-state index in [0.29, 0.717) is 157 Å². The Morgan fingerprint density at radius 3 is 2.25 bits per heavy atom. The summed E-state index contributed by atoms with van der Waals surface area (Å²) < 4.78 is 28.9. The third kappa shape index (κ3) is 10.8. The Hall–Kier alpha value is -5.54. The second kappa shape index (κ2) is 20.4. The molecule has 0 radical (unpaired) electrons. The first-order chi connectivity index (χ1) is 27.4. The number of benzene rings is 1. The molecular weight excluding hydrogens is 726 g/mol. The van der Waals surface area contributed by atoms with Crippen molar-refractivity contribution in [3.8, 4) is 11.3 Å². The van der Waals surface area contributed by atoms with Crippen molar-refractivity contribution in [3.05, 3.63) is 42.5 Å². The minimum atomic E-state index is -0.258. The quantitative estimate of drug-likeness (QED) is 0.0711. The van der Waals surface area contributed by atoms with E-state index in [0.717, 1.165) is 12.0 Å². The van der Waals surface area contributed by atoms with Crippen LogP contribution in [0.3, 0.4) is 0 Å². The lowest BCUT2D eigenvalue weighted by Gasteiger charge is -2.34. The van der Waals surface area contributed by atoms with E-state index >= 15 is 0 Å². The largest absolute Gasteiger partial charge is 0.424 e. The highest BCUT2D eigenvalue weighted by Crippen LogP contribution is 2.32. The lowest BCUT2D eigenvalue weighted by Crippen LogP contribution is -2.49. The Morgan fingerprint density at radius 2 is 1.54 bits per heavy atom. The molecule has 0 aliphatic carbocycles. The van der Waals surface area contributed by atoms with E-state index in [1.807, 2.05) is 21.9 Å². The SMILES string of the molecule is NCCOCCOCCOCCOCCC(=O)N1CCN(c2ncc(C(=O)NCCCCn3nc(-c4ccc5oc(N)nc5c4)c4c(N)ncnc43)cn2)CC1. The molecule has 56 heavy (non-hydrogen) atoms. The highest BCUT2D eigenvalue weighted by Gasteiger charge is 2.23. The molecule has 0 atom stereocenters. The first-order valence-corrected chi connectivity index (χ1v) is 18.7. The van der Waals surface area contributed by atoms with Crippen LogP contribution in [-0.4, -0.2) is 144 Å². The van der Waals surface area contributed by atoms with Crippen LogP contribution in [0.1, 0.15) is 29.6 Å². The summed E-state index contributed by atoms with van der Waals surface area (Å²) in [5.41, 5.74) is 20.9. The number of piperazine rings is 1. The number of hydrogen-bond acceptors (Lipinski definition) is 17. The summed E-state index contributed by atoms with van der Waals surface area (Å²) in [7, 11) is 0. The zero-order valence-electron chi connectivity index (χ0n) is 31.3. The molecule has 5 aromatic rings. The van der Waals surface area contributed by atoms with Gasteiger partial charge in [-0.05, 0) is 31.0 Å². The van der Waals surface area contributed by atoms with Gasteiger partial charge in [-0.1, -0.05) is 0 Å². The van der Waals surface area contributed by atoms with Gasteiger partial charge < -0.3 is 55.7 Å². The zero-order chi connectivity index (χ0) is 39.1. The van der Waals surface area contributed by atoms with Crippen LogP contribution >= 0.6 is 0 Å². The number of nitrogen functional groups attached to an aromatic ring is 2. The van der Waals surface area contributed by atoms with Crippen molar-refractivity contribution in [2.75, 3.05) is 108 Å². The van der Waals surface area contributed by atoms with Gasteiger partial charge in [-0.3, -0.25) is 9.59 Å². The van der Waals surface area contributed by atoms with Crippen molar-refractivity contribution in [2.24, 2.45) is 5.73 Å². The molecule has 0 unspecified atom stereocenters. The fraction of sp³-hybridized carbons (Fsp3) is 0.500. The first kappa shape index (κ1) is 40.1. The van der Waals surface area contributed by atoms with E-state index < -0.39 is 0 Å². The Kier molecular flexibility index (Phi) is 14.6. The normalized spacial score (nSPS) is 13.2. The Bertz CT molecular complexity index is 2020. The predicted molar refractivity (Wildman–Crippen MR) is 206 cm³/mol. The molecule has 4 aromatic heterocycles. The molecule has 0 saturated carbocycles. The summed E-state index contributed by atoms with van der Waals surface area (Å²) in [4.78, 5) is 51.0. The van der Waals surface area contributed by atoms with E-state index in [9.17, 15) is 9.59 Å². The first-order valence-electron chi connectivity index (χ1n) is 18.7. The number of amides is 2. The number of anilines is 3. The predicted octanol–water partition coefficient (Wildman–Crippen LogP) is 0.863. The third-order valence-corrected chi connectivity index (χ3v) is 8.97. The third-order valence-electron chi connectivity index (χ3n) is 8.97. The van der Waals surface area contributed by atoms with Crippen molar-refractivity contribution in [2.45, 2.75) is 25.8 Å². The number of aromatic nitrogens is 7. The van der Waals surface area contributed by atoms with E-state index in [4.69, 9.17) is 45.7 Å². The molecule has 300 valence electrons. The smallest absolute Gasteiger partial charge is 0.292 e. The highest BCUT2D eigenvalue weighted by atomic mass is 16.6. The Balaban J connectivity index is 0.859. The maximum Gasteiger partial charge on any atom is 0.292 e. The zero-order valence-corrected chi connectivity index (χ0v) is 31.3. The molecule has 0 spiro atoms. The maximum atomic E-state index is 12.8. The van der Waals surface area contributed by atoms with Crippen molar-refractivity contribution < 1.29 is 33.0 Å². The number of aryl methyl sites for hydroxylation is 1. The van der Waals surface area contributed by atoms with Gasteiger partial charge >= 0.3 is 0 Å². The van der Waals surface area contributed by atoms with Crippen LogP contribution in [0.15, 0.2) is 41.3 Å². The Labute approximate surface area is 323 Å². The lowest BCUT2D eigenvalue weighted by molar-refractivity contribution is -0.132. The van der Waals surface area contributed by atoms with E-state index in [1.165, 1.54) is 18.7 Å². The highest BCUT2D eigenvalue weighted by molar-refractivity contribution is 5.99. The molecule has 6 rings (SSSR count). The summed E-state index contributed by atoms with van der Waals surface area (Å²) in [5, 5.41) is 8.40. The van der Waals surface area contributed by atoms with Crippen LogP contribution < -0.4 is 27.4 Å². The lowest BCUT2D eigenvalue weighted by atomic mass is 10.1. The number of nitrogens with one attached hydrogen (secondary N) is 1. The number of nitrogens with two attached hydrogens (primary N) is 3. The average Bonchev–Trinajstić information content (AvgIpc) is 3.79. The molecule has 5 heterocycles. The number of ether oxygens (including phenoxy) is 4. The summed E-state index contributed by atoms with van der Waals surface area (Å²) >= 11 is 0. The second-order valence-electron chi connectivity index (χ2n) is 12.9. The van der Waals surface area contributed by atoms with Crippen LogP contribution in [0.2, 0.25) is 0 Å². The van der Waals surface area contributed by atoms with E-state index in [2.05, 4.69) is 30.2 Å². The van der Waals surface area contributed by atoms with Gasteiger partial charge in [0, 0.05) is 63.8 Å². The summed E-state index contributed by atoms with van der Waals surface area (Å²) in [6.07, 6.45) is 6.17. The fourth-order valence-corrected chi connectivity index (χ4v) is 6.09.